The van der Waals surface area contributed by atoms with Crippen LogP contribution in [0.15, 0.2) is 22.6 Å². The summed E-state index contributed by atoms with van der Waals surface area (Å²) >= 11 is 1.36. The standard InChI is InChI=1S/C19H22N4O2S/c1-11(2)6-7-16-21-14-10-23(9-8-15(14)25-16)18(24)12-4-3-5-13-17(12)26-19(20)22-13/h3-5,11H,6-10H2,1-2H3,(H2,20,22). The second-order valence-corrected chi connectivity index (χ2v) is 8.12. The number of fused-ring (bicyclic) bond motifs is 2. The minimum Gasteiger partial charge on any atom is -0.445 e. The molecule has 26 heavy (non-hydrogen) atoms. The van der Waals surface area contributed by atoms with E-state index in [1.165, 1.54) is 11.3 Å². The fourth-order valence-electron chi connectivity index (χ4n) is 3.25. The maximum Gasteiger partial charge on any atom is 0.255 e. The zero-order valence-corrected chi connectivity index (χ0v) is 15.8. The van der Waals surface area contributed by atoms with E-state index in [0.717, 1.165) is 40.4 Å². The minimum atomic E-state index is -0.00312. The summed E-state index contributed by atoms with van der Waals surface area (Å²) in [5.41, 5.74) is 8.13. The van der Waals surface area contributed by atoms with Gasteiger partial charge in [0.2, 0.25) is 0 Å². The molecule has 0 atom stereocenters. The summed E-state index contributed by atoms with van der Waals surface area (Å²) in [4.78, 5) is 23.8. The van der Waals surface area contributed by atoms with Crippen molar-refractivity contribution in [2.45, 2.75) is 39.7 Å². The number of anilines is 1. The van der Waals surface area contributed by atoms with Crippen LogP contribution in [0.2, 0.25) is 0 Å². The molecule has 4 rings (SSSR count). The van der Waals surface area contributed by atoms with Crippen LogP contribution >= 0.6 is 11.3 Å². The van der Waals surface area contributed by atoms with E-state index in [4.69, 9.17) is 10.2 Å². The number of oxazole rings is 1. The van der Waals surface area contributed by atoms with Crippen LogP contribution in [0.1, 0.15) is 48.0 Å². The number of aromatic nitrogens is 2. The van der Waals surface area contributed by atoms with Crippen molar-refractivity contribution in [3.8, 4) is 0 Å². The number of carbonyl (C=O) groups excluding carboxylic acids is 1. The molecule has 0 bridgehead atoms. The van der Waals surface area contributed by atoms with Crippen molar-refractivity contribution in [2.75, 3.05) is 12.3 Å². The normalized spacial score (nSPS) is 14.2. The topological polar surface area (TPSA) is 85.2 Å². The second-order valence-electron chi connectivity index (χ2n) is 7.09. The molecule has 2 N–H and O–H groups in total. The van der Waals surface area contributed by atoms with Gasteiger partial charge in [0.15, 0.2) is 11.0 Å². The Morgan fingerprint density at radius 2 is 2.23 bits per heavy atom. The van der Waals surface area contributed by atoms with Crippen LogP contribution in [0.25, 0.3) is 10.2 Å². The largest absolute Gasteiger partial charge is 0.445 e. The fourth-order valence-corrected chi connectivity index (χ4v) is 4.09. The predicted octanol–water partition coefficient (Wildman–Crippen LogP) is 3.65. The van der Waals surface area contributed by atoms with Gasteiger partial charge in [-0.1, -0.05) is 31.3 Å². The van der Waals surface area contributed by atoms with Gasteiger partial charge >= 0.3 is 0 Å². The van der Waals surface area contributed by atoms with Gasteiger partial charge in [0.25, 0.3) is 5.91 Å². The number of benzene rings is 1. The zero-order chi connectivity index (χ0) is 18.3. The second kappa shape index (κ2) is 6.72. The molecule has 136 valence electrons. The molecule has 1 aliphatic rings. The van der Waals surface area contributed by atoms with Crippen molar-refractivity contribution in [1.82, 2.24) is 14.9 Å². The molecular weight excluding hydrogens is 348 g/mol. The number of nitrogens with zero attached hydrogens (tertiary/aromatic N) is 3. The lowest BCUT2D eigenvalue weighted by atomic mass is 10.1. The molecule has 1 aliphatic heterocycles. The first-order chi connectivity index (χ1) is 12.5. The Bertz CT molecular complexity index is 960. The van der Waals surface area contributed by atoms with E-state index in [0.29, 0.717) is 36.1 Å². The van der Waals surface area contributed by atoms with E-state index < -0.39 is 0 Å². The van der Waals surface area contributed by atoms with Crippen molar-refractivity contribution in [3.05, 3.63) is 41.1 Å². The number of aryl methyl sites for hydroxylation is 1. The number of nitrogen functional groups attached to an aromatic ring is 1. The number of nitrogens with two attached hydrogens (primary N) is 1. The van der Waals surface area contributed by atoms with Gasteiger partial charge in [-0.25, -0.2) is 9.97 Å². The number of hydrogen-bond acceptors (Lipinski definition) is 6. The first-order valence-corrected chi connectivity index (χ1v) is 9.74. The monoisotopic (exact) mass is 370 g/mol. The van der Waals surface area contributed by atoms with E-state index in [2.05, 4.69) is 23.8 Å². The van der Waals surface area contributed by atoms with E-state index in [1.807, 2.05) is 23.1 Å². The van der Waals surface area contributed by atoms with E-state index in [9.17, 15) is 4.79 Å². The summed E-state index contributed by atoms with van der Waals surface area (Å²) in [6.45, 7) is 5.51. The lowest BCUT2D eigenvalue weighted by molar-refractivity contribution is 0.0730. The highest BCUT2D eigenvalue weighted by Gasteiger charge is 2.27. The SMILES string of the molecule is CC(C)CCc1nc2c(o1)CCN(C(=O)c1cccc3nc(N)sc13)C2. The van der Waals surface area contributed by atoms with Gasteiger partial charge in [-0.2, -0.15) is 0 Å². The molecular formula is C19H22N4O2S. The van der Waals surface area contributed by atoms with Crippen LogP contribution in [0.3, 0.4) is 0 Å². The summed E-state index contributed by atoms with van der Waals surface area (Å²) < 4.78 is 6.74. The van der Waals surface area contributed by atoms with Crippen LogP contribution in [0.4, 0.5) is 5.13 Å². The van der Waals surface area contributed by atoms with Gasteiger partial charge in [0.1, 0.15) is 11.5 Å². The third kappa shape index (κ3) is 3.19. The predicted molar refractivity (Wildman–Crippen MR) is 102 cm³/mol. The molecule has 0 radical (unpaired) electrons. The lowest BCUT2D eigenvalue weighted by Crippen LogP contribution is -2.35. The molecule has 0 unspecified atom stereocenters. The Kier molecular flexibility index (Phi) is 4.40. The summed E-state index contributed by atoms with van der Waals surface area (Å²) in [7, 11) is 0. The van der Waals surface area contributed by atoms with Gasteiger partial charge in [-0.3, -0.25) is 4.79 Å². The first-order valence-electron chi connectivity index (χ1n) is 8.93. The Morgan fingerprint density at radius 3 is 3.04 bits per heavy atom. The molecule has 1 aromatic carbocycles. The highest BCUT2D eigenvalue weighted by Crippen LogP contribution is 2.29. The number of thiazole rings is 1. The fraction of sp³-hybridized carbons (Fsp3) is 0.421. The zero-order valence-electron chi connectivity index (χ0n) is 15.0. The summed E-state index contributed by atoms with van der Waals surface area (Å²) in [6.07, 6.45) is 2.60. The third-order valence-corrected chi connectivity index (χ3v) is 5.59. The highest BCUT2D eigenvalue weighted by atomic mass is 32.1. The Hall–Kier alpha value is -2.41. The van der Waals surface area contributed by atoms with Gasteiger partial charge in [-0.05, 0) is 24.5 Å². The van der Waals surface area contributed by atoms with Crippen LogP contribution < -0.4 is 5.73 Å². The Balaban J connectivity index is 1.55. The van der Waals surface area contributed by atoms with Crippen molar-refractivity contribution in [2.24, 2.45) is 5.92 Å². The first kappa shape index (κ1) is 17.0. The van der Waals surface area contributed by atoms with Gasteiger partial charge < -0.3 is 15.1 Å². The minimum absolute atomic E-state index is 0.00312. The number of rotatable bonds is 4. The maximum absolute atomic E-state index is 13.1. The molecule has 3 heterocycles. The molecule has 0 saturated carbocycles. The molecule has 7 heteroatoms. The summed E-state index contributed by atoms with van der Waals surface area (Å²) in [5, 5.41) is 0.479. The van der Waals surface area contributed by atoms with E-state index in [1.54, 1.807) is 0 Å². The molecule has 0 spiro atoms. The van der Waals surface area contributed by atoms with Crippen LogP contribution in [-0.2, 0) is 19.4 Å². The van der Waals surface area contributed by atoms with Crippen LogP contribution in [0.5, 0.6) is 0 Å². The quantitative estimate of drug-likeness (QED) is 0.757. The van der Waals surface area contributed by atoms with Crippen LogP contribution in [-0.4, -0.2) is 27.3 Å². The highest BCUT2D eigenvalue weighted by molar-refractivity contribution is 7.22. The molecule has 2 aromatic heterocycles. The average molecular weight is 370 g/mol. The Labute approximate surface area is 156 Å². The maximum atomic E-state index is 13.1. The number of amides is 1. The molecule has 3 aromatic rings. The number of carbonyl (C=O) groups is 1. The van der Waals surface area contributed by atoms with Crippen molar-refractivity contribution < 1.29 is 9.21 Å². The smallest absolute Gasteiger partial charge is 0.255 e. The Morgan fingerprint density at radius 1 is 1.38 bits per heavy atom. The lowest BCUT2D eigenvalue weighted by Gasteiger charge is -2.25. The molecule has 0 fully saturated rings. The van der Waals surface area contributed by atoms with Gasteiger partial charge in [0.05, 0.1) is 22.3 Å². The van der Waals surface area contributed by atoms with E-state index in [-0.39, 0.29) is 5.91 Å². The molecule has 1 amide bonds. The van der Waals surface area contributed by atoms with Gasteiger partial charge in [0, 0.05) is 19.4 Å². The summed E-state index contributed by atoms with van der Waals surface area (Å²) in [5.74, 6) is 2.32. The summed E-state index contributed by atoms with van der Waals surface area (Å²) in [6, 6.07) is 5.57. The van der Waals surface area contributed by atoms with Gasteiger partial charge in [-0.15, -0.1) is 0 Å². The molecule has 6 nitrogen and oxygen atoms in total. The van der Waals surface area contributed by atoms with Crippen LogP contribution in [0, 0.1) is 5.92 Å². The van der Waals surface area contributed by atoms with Crippen molar-refractivity contribution >= 4 is 32.6 Å². The average Bonchev–Trinajstić information content (AvgIpc) is 3.20. The molecule has 0 saturated heterocycles. The molecule has 0 aliphatic carbocycles. The van der Waals surface area contributed by atoms with Crippen molar-refractivity contribution in [1.29, 1.82) is 0 Å². The third-order valence-electron chi connectivity index (χ3n) is 4.66. The van der Waals surface area contributed by atoms with Crippen molar-refractivity contribution in [3.63, 3.8) is 0 Å². The number of hydrogen-bond donors (Lipinski definition) is 1. The van der Waals surface area contributed by atoms with E-state index >= 15 is 0 Å².